The molecule has 0 unspecified atom stereocenters. The van der Waals surface area contributed by atoms with Crippen LogP contribution in [0.4, 0.5) is 5.69 Å². The first-order valence-corrected chi connectivity index (χ1v) is 7.11. The van der Waals surface area contributed by atoms with E-state index in [1.807, 2.05) is 0 Å². The van der Waals surface area contributed by atoms with Crippen LogP contribution in [0.2, 0.25) is 0 Å². The van der Waals surface area contributed by atoms with Crippen LogP contribution in [-0.2, 0) is 9.84 Å². The molecule has 2 atom stereocenters. The van der Waals surface area contributed by atoms with Crippen molar-refractivity contribution in [2.45, 2.75) is 12.1 Å². The molecule has 0 saturated carbocycles. The number of hydrogen-bond acceptors (Lipinski definition) is 5. The third kappa shape index (κ3) is 2.89. The average Bonchev–Trinajstić information content (AvgIpc) is 2.52. The highest BCUT2D eigenvalue weighted by Crippen LogP contribution is 2.21. The summed E-state index contributed by atoms with van der Waals surface area (Å²) < 4.78 is 27.7. The third-order valence-electron chi connectivity index (χ3n) is 2.74. The van der Waals surface area contributed by atoms with Gasteiger partial charge >= 0.3 is 0 Å². The highest BCUT2D eigenvalue weighted by molar-refractivity contribution is 7.91. The van der Waals surface area contributed by atoms with Crippen molar-refractivity contribution in [3.63, 3.8) is 0 Å². The van der Waals surface area contributed by atoms with Crippen molar-refractivity contribution in [1.29, 1.82) is 0 Å². The molecular weight excluding hydrogens is 242 g/mol. The minimum atomic E-state index is -3.12. The molecule has 17 heavy (non-hydrogen) atoms. The van der Waals surface area contributed by atoms with Crippen LogP contribution in [0.15, 0.2) is 24.3 Å². The van der Waals surface area contributed by atoms with E-state index in [2.05, 4.69) is 5.32 Å². The summed E-state index contributed by atoms with van der Waals surface area (Å²) in [5, 5.41) is 12.7. The van der Waals surface area contributed by atoms with Crippen LogP contribution in [0.25, 0.3) is 0 Å². The van der Waals surface area contributed by atoms with E-state index in [0.29, 0.717) is 5.75 Å². The number of hydrogen-bond donors (Lipinski definition) is 2. The molecule has 0 spiro atoms. The standard InChI is InChI=1S/C11H15NO4S/c1-16-9-4-2-3-8(5-9)12-10-6-17(14,15)7-11(10)13/h2-5,10-13H,6-7H2,1H3/t10-,11+/m1/s1. The number of sulfone groups is 1. The fourth-order valence-electron chi connectivity index (χ4n) is 1.89. The molecule has 6 heteroatoms. The van der Waals surface area contributed by atoms with Gasteiger partial charge < -0.3 is 15.2 Å². The summed E-state index contributed by atoms with van der Waals surface area (Å²) in [6, 6.07) is 6.72. The Bertz CT molecular complexity index is 500. The van der Waals surface area contributed by atoms with Gasteiger partial charge in [0.2, 0.25) is 0 Å². The topological polar surface area (TPSA) is 75.6 Å². The second kappa shape index (κ2) is 4.54. The smallest absolute Gasteiger partial charge is 0.155 e. The molecule has 1 saturated heterocycles. The van der Waals surface area contributed by atoms with E-state index in [9.17, 15) is 13.5 Å². The summed E-state index contributed by atoms with van der Waals surface area (Å²) in [6.45, 7) is 0. The Hall–Kier alpha value is -1.27. The number of nitrogens with one attached hydrogen (secondary N) is 1. The van der Waals surface area contributed by atoms with Crippen LogP contribution in [0.1, 0.15) is 0 Å². The lowest BCUT2D eigenvalue weighted by molar-refractivity contribution is 0.190. The number of anilines is 1. The van der Waals surface area contributed by atoms with Crippen LogP contribution < -0.4 is 10.1 Å². The van der Waals surface area contributed by atoms with E-state index in [1.165, 1.54) is 0 Å². The van der Waals surface area contributed by atoms with Crippen LogP contribution >= 0.6 is 0 Å². The Morgan fingerprint density at radius 1 is 1.41 bits per heavy atom. The van der Waals surface area contributed by atoms with E-state index in [4.69, 9.17) is 4.74 Å². The van der Waals surface area contributed by atoms with Gasteiger partial charge in [-0.05, 0) is 12.1 Å². The van der Waals surface area contributed by atoms with Gasteiger partial charge in [0.05, 0.1) is 30.8 Å². The molecule has 2 N–H and O–H groups in total. The normalized spacial score (nSPS) is 26.7. The SMILES string of the molecule is COc1cccc(N[C@@H]2CS(=O)(=O)C[C@@H]2O)c1. The maximum absolute atomic E-state index is 11.3. The molecule has 1 aromatic carbocycles. The summed E-state index contributed by atoms with van der Waals surface area (Å²) in [5.41, 5.74) is 0.741. The Labute approximate surface area is 100 Å². The number of aliphatic hydroxyl groups excluding tert-OH is 1. The van der Waals surface area contributed by atoms with Crippen LogP contribution in [0.3, 0.4) is 0 Å². The van der Waals surface area contributed by atoms with Gasteiger partial charge in [-0.3, -0.25) is 0 Å². The third-order valence-corrected chi connectivity index (χ3v) is 4.46. The lowest BCUT2D eigenvalue weighted by Gasteiger charge is -2.16. The number of rotatable bonds is 3. The van der Waals surface area contributed by atoms with Crippen LogP contribution in [0.5, 0.6) is 5.75 Å². The molecule has 0 radical (unpaired) electrons. The van der Waals surface area contributed by atoms with Gasteiger partial charge in [0.1, 0.15) is 5.75 Å². The van der Waals surface area contributed by atoms with E-state index < -0.39 is 22.0 Å². The predicted molar refractivity (Wildman–Crippen MR) is 65.1 cm³/mol. The molecular formula is C11H15NO4S. The summed E-state index contributed by atoms with van der Waals surface area (Å²) in [6.07, 6.45) is -0.855. The molecule has 0 bridgehead atoms. The van der Waals surface area contributed by atoms with Crippen molar-refractivity contribution in [2.24, 2.45) is 0 Å². The maximum atomic E-state index is 11.3. The minimum absolute atomic E-state index is 0.0363. The Morgan fingerprint density at radius 2 is 2.18 bits per heavy atom. The van der Waals surface area contributed by atoms with Gasteiger partial charge in [-0.25, -0.2) is 8.42 Å². The van der Waals surface area contributed by atoms with Crippen molar-refractivity contribution in [3.8, 4) is 5.75 Å². The van der Waals surface area contributed by atoms with Crippen molar-refractivity contribution in [3.05, 3.63) is 24.3 Å². The molecule has 94 valence electrons. The lowest BCUT2D eigenvalue weighted by Crippen LogP contribution is -2.31. The monoisotopic (exact) mass is 257 g/mol. The number of ether oxygens (including phenoxy) is 1. The van der Waals surface area contributed by atoms with Crippen LogP contribution in [-0.4, -0.2) is 44.3 Å². The van der Waals surface area contributed by atoms with Crippen molar-refractivity contribution in [2.75, 3.05) is 23.9 Å². The first-order chi connectivity index (χ1) is 8.00. The fraction of sp³-hybridized carbons (Fsp3) is 0.455. The maximum Gasteiger partial charge on any atom is 0.155 e. The van der Waals surface area contributed by atoms with Crippen molar-refractivity contribution < 1.29 is 18.3 Å². The number of benzene rings is 1. The number of aliphatic hydroxyl groups is 1. The fourth-order valence-corrected chi connectivity index (χ4v) is 3.64. The highest BCUT2D eigenvalue weighted by atomic mass is 32.2. The molecule has 1 fully saturated rings. The van der Waals surface area contributed by atoms with E-state index in [1.54, 1.807) is 31.4 Å². The summed E-state index contributed by atoms with van der Waals surface area (Å²) in [5.74, 6) is 0.477. The van der Waals surface area contributed by atoms with Gasteiger partial charge in [-0.1, -0.05) is 6.07 Å². The van der Waals surface area contributed by atoms with Gasteiger partial charge in [0, 0.05) is 11.8 Å². The summed E-state index contributed by atoms with van der Waals surface area (Å²) >= 11 is 0. The van der Waals surface area contributed by atoms with Gasteiger partial charge in [0.25, 0.3) is 0 Å². The first-order valence-electron chi connectivity index (χ1n) is 5.29. The summed E-state index contributed by atoms with van der Waals surface area (Å²) in [7, 11) is -1.56. The lowest BCUT2D eigenvalue weighted by atomic mass is 10.2. The highest BCUT2D eigenvalue weighted by Gasteiger charge is 2.36. The Balaban J connectivity index is 2.11. The molecule has 1 aromatic rings. The molecule has 0 aliphatic carbocycles. The van der Waals surface area contributed by atoms with E-state index >= 15 is 0 Å². The quantitative estimate of drug-likeness (QED) is 0.812. The zero-order chi connectivity index (χ0) is 12.5. The van der Waals surface area contributed by atoms with Crippen molar-refractivity contribution in [1.82, 2.24) is 0 Å². The van der Waals surface area contributed by atoms with Gasteiger partial charge in [-0.15, -0.1) is 0 Å². The van der Waals surface area contributed by atoms with E-state index in [0.717, 1.165) is 5.69 Å². The molecule has 5 nitrogen and oxygen atoms in total. The first kappa shape index (κ1) is 12.2. The Kier molecular flexibility index (Phi) is 3.26. The largest absolute Gasteiger partial charge is 0.497 e. The van der Waals surface area contributed by atoms with Gasteiger partial charge in [-0.2, -0.15) is 0 Å². The van der Waals surface area contributed by atoms with Gasteiger partial charge in [0.15, 0.2) is 9.84 Å². The molecule has 1 heterocycles. The Morgan fingerprint density at radius 3 is 2.76 bits per heavy atom. The predicted octanol–water partition coefficient (Wildman–Crippen LogP) is 0.265. The second-order valence-electron chi connectivity index (χ2n) is 4.13. The number of methoxy groups -OCH3 is 1. The zero-order valence-electron chi connectivity index (χ0n) is 9.46. The zero-order valence-corrected chi connectivity index (χ0v) is 10.3. The summed E-state index contributed by atoms with van der Waals surface area (Å²) in [4.78, 5) is 0. The van der Waals surface area contributed by atoms with Crippen LogP contribution in [0, 0.1) is 0 Å². The molecule has 1 aliphatic heterocycles. The van der Waals surface area contributed by atoms with Crippen molar-refractivity contribution >= 4 is 15.5 Å². The molecule has 1 aliphatic rings. The molecule has 0 amide bonds. The second-order valence-corrected chi connectivity index (χ2v) is 6.28. The minimum Gasteiger partial charge on any atom is -0.497 e. The molecule has 0 aromatic heterocycles. The van der Waals surface area contributed by atoms with E-state index in [-0.39, 0.29) is 11.5 Å². The average molecular weight is 257 g/mol. The molecule has 2 rings (SSSR count).